The van der Waals surface area contributed by atoms with Crippen LogP contribution in [-0.2, 0) is 11.2 Å². The van der Waals surface area contributed by atoms with E-state index in [-0.39, 0.29) is 12.5 Å². The van der Waals surface area contributed by atoms with E-state index in [9.17, 15) is 4.79 Å². The van der Waals surface area contributed by atoms with Crippen molar-refractivity contribution in [3.8, 4) is 0 Å². The molecule has 1 atom stereocenters. The summed E-state index contributed by atoms with van der Waals surface area (Å²) in [7, 11) is 0. The summed E-state index contributed by atoms with van der Waals surface area (Å²) >= 11 is 3.38. The molecule has 0 heterocycles. The van der Waals surface area contributed by atoms with Crippen molar-refractivity contribution >= 4 is 21.8 Å². The van der Waals surface area contributed by atoms with Gasteiger partial charge in [0, 0.05) is 17.6 Å². The first-order valence-corrected chi connectivity index (χ1v) is 7.92. The van der Waals surface area contributed by atoms with Crippen LogP contribution in [0.1, 0.15) is 32.3 Å². The number of nitrogens with one attached hydrogen (secondary N) is 1. The average Bonchev–Trinajstić information content (AvgIpc) is 2.38. The molecule has 0 saturated carbocycles. The molecule has 0 bridgehead atoms. The van der Waals surface area contributed by atoms with Gasteiger partial charge in [-0.15, -0.1) is 0 Å². The third-order valence-electron chi connectivity index (χ3n) is 3.21. The fourth-order valence-corrected chi connectivity index (χ4v) is 2.53. The van der Waals surface area contributed by atoms with Crippen LogP contribution in [0, 0.1) is 11.8 Å². The highest BCUT2D eigenvalue weighted by Gasteiger charge is 2.12. The van der Waals surface area contributed by atoms with Gasteiger partial charge in [0.1, 0.15) is 0 Å². The van der Waals surface area contributed by atoms with E-state index < -0.39 is 0 Å². The van der Waals surface area contributed by atoms with E-state index in [0.717, 1.165) is 22.9 Å². The molecule has 0 spiro atoms. The smallest absolute Gasteiger partial charge is 0.224 e. The molecule has 1 amide bonds. The van der Waals surface area contributed by atoms with Gasteiger partial charge in [0.25, 0.3) is 0 Å². The van der Waals surface area contributed by atoms with Gasteiger partial charge in [0.15, 0.2) is 0 Å². The van der Waals surface area contributed by atoms with E-state index in [1.54, 1.807) is 0 Å². The minimum Gasteiger partial charge on any atom is -0.396 e. The summed E-state index contributed by atoms with van der Waals surface area (Å²) in [4.78, 5) is 11.9. The first-order valence-electron chi connectivity index (χ1n) is 7.13. The summed E-state index contributed by atoms with van der Waals surface area (Å²) in [5.74, 6) is 0.975. The predicted octanol–water partition coefficient (Wildman–Crippen LogP) is 3.15. The summed E-state index contributed by atoms with van der Waals surface area (Å²) in [6, 6.07) is 7.78. The van der Waals surface area contributed by atoms with Gasteiger partial charge in [-0.25, -0.2) is 0 Å². The lowest BCUT2D eigenvalue weighted by Crippen LogP contribution is -2.31. The van der Waals surface area contributed by atoms with Crippen LogP contribution in [0.4, 0.5) is 0 Å². The second-order valence-electron chi connectivity index (χ2n) is 5.62. The second kappa shape index (κ2) is 9.14. The molecule has 0 saturated heterocycles. The Balaban J connectivity index is 2.38. The summed E-state index contributed by atoms with van der Waals surface area (Å²) in [6.07, 6.45) is 2.18. The Morgan fingerprint density at radius 1 is 1.30 bits per heavy atom. The summed E-state index contributed by atoms with van der Waals surface area (Å²) in [6.45, 7) is 5.15. The summed E-state index contributed by atoms with van der Waals surface area (Å²) in [5.41, 5.74) is 1.01. The average molecular weight is 342 g/mol. The molecule has 1 rings (SSSR count). The molecule has 20 heavy (non-hydrogen) atoms. The number of halogens is 1. The van der Waals surface area contributed by atoms with Gasteiger partial charge in [-0.05, 0) is 42.4 Å². The Morgan fingerprint density at radius 2 is 1.95 bits per heavy atom. The minimum absolute atomic E-state index is 0.0408. The molecule has 0 aliphatic heterocycles. The van der Waals surface area contributed by atoms with Crippen LogP contribution in [0.25, 0.3) is 0 Å². The molecule has 1 unspecified atom stereocenters. The Kier molecular flexibility index (Phi) is 7.85. The maximum atomic E-state index is 11.9. The fourth-order valence-electron chi connectivity index (χ4n) is 2.26. The molecule has 1 aromatic carbocycles. The van der Waals surface area contributed by atoms with Crippen molar-refractivity contribution in [3.63, 3.8) is 0 Å². The van der Waals surface area contributed by atoms with Crippen LogP contribution < -0.4 is 5.32 Å². The number of aliphatic hydroxyl groups excluding tert-OH is 1. The van der Waals surface area contributed by atoms with Crippen LogP contribution in [0.3, 0.4) is 0 Å². The molecule has 0 aliphatic carbocycles. The van der Waals surface area contributed by atoms with E-state index in [0.29, 0.717) is 24.8 Å². The largest absolute Gasteiger partial charge is 0.396 e. The Morgan fingerprint density at radius 3 is 2.50 bits per heavy atom. The predicted molar refractivity (Wildman–Crippen MR) is 85.5 cm³/mol. The minimum atomic E-state index is 0.0408. The van der Waals surface area contributed by atoms with Gasteiger partial charge >= 0.3 is 0 Å². The van der Waals surface area contributed by atoms with Gasteiger partial charge in [-0.2, -0.15) is 0 Å². The normalized spacial score (nSPS) is 12.4. The number of carbonyl (C=O) groups is 1. The molecule has 0 radical (unpaired) electrons. The van der Waals surface area contributed by atoms with E-state index in [4.69, 9.17) is 5.11 Å². The standard InChI is InChI=1S/C16H24BrNO2/c1-12(2)9-14(7-8-19)11-18-16(20)10-13-3-5-15(17)6-4-13/h3-6,12,14,19H,7-11H2,1-2H3,(H,18,20). The molecule has 3 nitrogen and oxygen atoms in total. The van der Waals surface area contributed by atoms with Crippen molar-refractivity contribution in [2.75, 3.05) is 13.2 Å². The lowest BCUT2D eigenvalue weighted by atomic mass is 9.94. The molecular weight excluding hydrogens is 318 g/mol. The monoisotopic (exact) mass is 341 g/mol. The van der Waals surface area contributed by atoms with Crippen LogP contribution >= 0.6 is 15.9 Å². The number of hydrogen-bond donors (Lipinski definition) is 2. The van der Waals surface area contributed by atoms with E-state index in [1.807, 2.05) is 24.3 Å². The number of rotatable bonds is 8. The quantitative estimate of drug-likeness (QED) is 0.762. The zero-order valence-corrected chi connectivity index (χ0v) is 13.8. The van der Waals surface area contributed by atoms with Crippen LogP contribution in [0.15, 0.2) is 28.7 Å². The van der Waals surface area contributed by atoms with Crippen molar-refractivity contribution in [2.24, 2.45) is 11.8 Å². The molecule has 2 N–H and O–H groups in total. The highest BCUT2D eigenvalue weighted by molar-refractivity contribution is 9.10. The number of carbonyl (C=O) groups excluding carboxylic acids is 1. The number of aliphatic hydroxyl groups is 1. The van der Waals surface area contributed by atoms with E-state index >= 15 is 0 Å². The van der Waals surface area contributed by atoms with Gasteiger partial charge in [-0.1, -0.05) is 41.9 Å². The van der Waals surface area contributed by atoms with Gasteiger partial charge in [0.2, 0.25) is 5.91 Å². The van der Waals surface area contributed by atoms with Crippen molar-refractivity contribution < 1.29 is 9.90 Å². The second-order valence-corrected chi connectivity index (χ2v) is 6.53. The zero-order chi connectivity index (χ0) is 15.0. The van der Waals surface area contributed by atoms with Crippen molar-refractivity contribution in [1.82, 2.24) is 5.32 Å². The Labute approximate surface area is 129 Å². The van der Waals surface area contributed by atoms with Gasteiger partial charge in [0.05, 0.1) is 6.42 Å². The Hall–Kier alpha value is -0.870. The van der Waals surface area contributed by atoms with E-state index in [1.165, 1.54) is 0 Å². The van der Waals surface area contributed by atoms with E-state index in [2.05, 4.69) is 35.1 Å². The van der Waals surface area contributed by atoms with Crippen LogP contribution in [-0.4, -0.2) is 24.2 Å². The maximum Gasteiger partial charge on any atom is 0.224 e. The summed E-state index contributed by atoms with van der Waals surface area (Å²) in [5, 5.41) is 12.0. The lowest BCUT2D eigenvalue weighted by molar-refractivity contribution is -0.120. The number of hydrogen-bond acceptors (Lipinski definition) is 2. The lowest BCUT2D eigenvalue weighted by Gasteiger charge is -2.18. The number of benzene rings is 1. The third kappa shape index (κ3) is 7.06. The van der Waals surface area contributed by atoms with Crippen LogP contribution in [0.5, 0.6) is 0 Å². The first kappa shape index (κ1) is 17.2. The van der Waals surface area contributed by atoms with Crippen molar-refractivity contribution in [2.45, 2.75) is 33.1 Å². The fraction of sp³-hybridized carbons (Fsp3) is 0.562. The maximum absolute atomic E-state index is 11.9. The van der Waals surface area contributed by atoms with Gasteiger partial charge < -0.3 is 10.4 Å². The highest BCUT2D eigenvalue weighted by atomic mass is 79.9. The topological polar surface area (TPSA) is 49.3 Å². The molecule has 0 fully saturated rings. The highest BCUT2D eigenvalue weighted by Crippen LogP contribution is 2.14. The van der Waals surface area contributed by atoms with Crippen molar-refractivity contribution in [3.05, 3.63) is 34.3 Å². The molecule has 0 aromatic heterocycles. The van der Waals surface area contributed by atoms with Gasteiger partial charge in [-0.3, -0.25) is 4.79 Å². The molecular formula is C16H24BrNO2. The third-order valence-corrected chi connectivity index (χ3v) is 3.74. The Bertz CT molecular complexity index is 403. The zero-order valence-electron chi connectivity index (χ0n) is 12.2. The molecule has 0 aliphatic rings. The SMILES string of the molecule is CC(C)CC(CCO)CNC(=O)Cc1ccc(Br)cc1. The summed E-state index contributed by atoms with van der Waals surface area (Å²) < 4.78 is 1.02. The molecule has 4 heteroatoms. The first-order chi connectivity index (χ1) is 9.51. The van der Waals surface area contributed by atoms with Crippen LogP contribution in [0.2, 0.25) is 0 Å². The van der Waals surface area contributed by atoms with Crippen molar-refractivity contribution in [1.29, 1.82) is 0 Å². The molecule has 112 valence electrons. The number of amides is 1. The molecule has 1 aromatic rings.